The molecule has 5 nitrogen and oxygen atoms in total. The summed E-state index contributed by atoms with van der Waals surface area (Å²) in [5.74, 6) is 1.46. The SMILES string of the molecule is O=C(c1nc(C2CC2)n2ccccc12)N1CCOC(c2cccc(Cl)c2)C1. The summed E-state index contributed by atoms with van der Waals surface area (Å²) in [6, 6.07) is 13.6. The van der Waals surface area contributed by atoms with E-state index in [1.165, 1.54) is 0 Å². The molecule has 1 unspecified atom stereocenters. The monoisotopic (exact) mass is 381 g/mol. The molecule has 138 valence electrons. The molecular weight excluding hydrogens is 362 g/mol. The van der Waals surface area contributed by atoms with Crippen molar-refractivity contribution in [1.29, 1.82) is 0 Å². The number of hydrogen-bond donors (Lipinski definition) is 0. The van der Waals surface area contributed by atoms with E-state index in [-0.39, 0.29) is 12.0 Å². The van der Waals surface area contributed by atoms with Gasteiger partial charge in [-0.1, -0.05) is 29.8 Å². The first-order valence-corrected chi connectivity index (χ1v) is 9.72. The van der Waals surface area contributed by atoms with Crippen LogP contribution in [0, 0.1) is 0 Å². The zero-order valence-electron chi connectivity index (χ0n) is 14.8. The number of carbonyl (C=O) groups excluding carboxylic acids is 1. The van der Waals surface area contributed by atoms with Crippen molar-refractivity contribution in [3.8, 4) is 0 Å². The van der Waals surface area contributed by atoms with E-state index in [1.807, 2.05) is 53.6 Å². The van der Waals surface area contributed by atoms with Gasteiger partial charge < -0.3 is 14.0 Å². The average Bonchev–Trinajstić information content (AvgIpc) is 3.48. The van der Waals surface area contributed by atoms with Gasteiger partial charge in [0.1, 0.15) is 11.9 Å². The summed E-state index contributed by atoms with van der Waals surface area (Å²) in [4.78, 5) is 19.9. The van der Waals surface area contributed by atoms with E-state index in [0.717, 1.165) is 29.7 Å². The number of benzene rings is 1. The molecular formula is C21H20ClN3O2. The molecule has 3 heterocycles. The molecule has 1 aliphatic heterocycles. The van der Waals surface area contributed by atoms with Crippen LogP contribution in [0.25, 0.3) is 5.52 Å². The maximum Gasteiger partial charge on any atom is 0.274 e. The molecule has 2 aromatic heterocycles. The van der Waals surface area contributed by atoms with Gasteiger partial charge in [0.25, 0.3) is 5.91 Å². The van der Waals surface area contributed by atoms with Crippen molar-refractivity contribution in [2.45, 2.75) is 24.9 Å². The summed E-state index contributed by atoms with van der Waals surface area (Å²) in [5, 5.41) is 0.675. The maximum absolute atomic E-state index is 13.3. The third-order valence-electron chi connectivity index (χ3n) is 5.29. The van der Waals surface area contributed by atoms with Crippen molar-refractivity contribution >= 4 is 23.0 Å². The molecule has 2 aliphatic rings. The van der Waals surface area contributed by atoms with E-state index in [2.05, 4.69) is 4.40 Å². The fraction of sp³-hybridized carbons (Fsp3) is 0.333. The Balaban J connectivity index is 1.45. The lowest BCUT2D eigenvalue weighted by Gasteiger charge is -2.33. The first-order chi connectivity index (χ1) is 13.2. The van der Waals surface area contributed by atoms with Crippen molar-refractivity contribution in [2.75, 3.05) is 19.7 Å². The number of rotatable bonds is 3. The van der Waals surface area contributed by atoms with Crippen LogP contribution in [0.3, 0.4) is 0 Å². The maximum atomic E-state index is 13.3. The molecule has 1 saturated carbocycles. The number of ether oxygens (including phenoxy) is 1. The van der Waals surface area contributed by atoms with Crippen LogP contribution in [-0.4, -0.2) is 39.9 Å². The van der Waals surface area contributed by atoms with Gasteiger partial charge in [0.15, 0.2) is 5.69 Å². The van der Waals surface area contributed by atoms with Crippen molar-refractivity contribution in [3.05, 3.63) is 70.8 Å². The van der Waals surface area contributed by atoms with Gasteiger partial charge in [0.05, 0.1) is 18.7 Å². The highest BCUT2D eigenvalue weighted by Gasteiger charge is 2.33. The minimum atomic E-state index is -0.168. The number of pyridine rings is 1. The van der Waals surface area contributed by atoms with E-state index in [0.29, 0.717) is 36.3 Å². The molecule has 0 N–H and O–H groups in total. The number of fused-ring (bicyclic) bond motifs is 1. The summed E-state index contributed by atoms with van der Waals surface area (Å²) in [6.45, 7) is 1.58. The fourth-order valence-electron chi connectivity index (χ4n) is 3.74. The largest absolute Gasteiger partial charge is 0.370 e. The number of carbonyl (C=O) groups is 1. The van der Waals surface area contributed by atoms with Crippen molar-refractivity contribution in [2.24, 2.45) is 0 Å². The number of halogens is 1. The number of hydrogen-bond acceptors (Lipinski definition) is 3. The molecule has 1 saturated heterocycles. The predicted octanol–water partition coefficient (Wildman–Crippen LogP) is 4.08. The number of aromatic nitrogens is 2. The molecule has 2 fully saturated rings. The molecule has 0 bridgehead atoms. The topological polar surface area (TPSA) is 46.8 Å². The molecule has 0 spiro atoms. The van der Waals surface area contributed by atoms with Gasteiger partial charge in [-0.2, -0.15) is 0 Å². The summed E-state index contributed by atoms with van der Waals surface area (Å²) in [5.41, 5.74) is 2.42. The molecule has 5 rings (SSSR count). The van der Waals surface area contributed by atoms with E-state index in [4.69, 9.17) is 21.3 Å². The molecule has 1 atom stereocenters. The normalized spacial score (nSPS) is 20.2. The van der Waals surface area contributed by atoms with Gasteiger partial charge in [-0.15, -0.1) is 0 Å². The quantitative estimate of drug-likeness (QED) is 0.686. The zero-order valence-corrected chi connectivity index (χ0v) is 15.6. The number of morpholine rings is 1. The van der Waals surface area contributed by atoms with Gasteiger partial charge >= 0.3 is 0 Å². The molecule has 27 heavy (non-hydrogen) atoms. The van der Waals surface area contributed by atoms with E-state index >= 15 is 0 Å². The Kier molecular flexibility index (Phi) is 4.14. The highest BCUT2D eigenvalue weighted by molar-refractivity contribution is 6.30. The standard InChI is InChI=1S/C21H20ClN3O2/c22-16-5-3-4-15(12-16)18-13-24(10-11-27-18)21(26)19-17-6-1-2-9-25(17)20(23-19)14-7-8-14/h1-6,9,12,14,18H,7-8,10-11,13H2. The van der Waals surface area contributed by atoms with Crippen LogP contribution in [0.1, 0.15) is 46.7 Å². The fourth-order valence-corrected chi connectivity index (χ4v) is 3.94. The number of amides is 1. The first-order valence-electron chi connectivity index (χ1n) is 9.34. The Bertz CT molecular complexity index is 1010. The van der Waals surface area contributed by atoms with Crippen LogP contribution in [0.15, 0.2) is 48.7 Å². The van der Waals surface area contributed by atoms with Gasteiger partial charge in [0, 0.05) is 23.7 Å². The Morgan fingerprint density at radius 3 is 2.89 bits per heavy atom. The van der Waals surface area contributed by atoms with E-state index in [9.17, 15) is 4.79 Å². The van der Waals surface area contributed by atoms with Crippen LogP contribution in [0.5, 0.6) is 0 Å². The van der Waals surface area contributed by atoms with Crippen molar-refractivity contribution in [1.82, 2.24) is 14.3 Å². The van der Waals surface area contributed by atoms with E-state index < -0.39 is 0 Å². The molecule has 6 heteroatoms. The highest BCUT2D eigenvalue weighted by atomic mass is 35.5. The summed E-state index contributed by atoms with van der Waals surface area (Å²) in [6.07, 6.45) is 4.13. The Morgan fingerprint density at radius 1 is 1.19 bits per heavy atom. The van der Waals surface area contributed by atoms with Crippen LogP contribution in [0.2, 0.25) is 5.02 Å². The predicted molar refractivity (Wildman–Crippen MR) is 103 cm³/mol. The summed E-state index contributed by atoms with van der Waals surface area (Å²) >= 11 is 6.11. The van der Waals surface area contributed by atoms with Crippen LogP contribution in [-0.2, 0) is 4.74 Å². The second kappa shape index (κ2) is 6.66. The average molecular weight is 382 g/mol. The minimum absolute atomic E-state index is 0.0269. The van der Waals surface area contributed by atoms with Crippen LogP contribution in [0.4, 0.5) is 0 Å². The molecule has 1 aromatic carbocycles. The Hall–Kier alpha value is -2.37. The van der Waals surface area contributed by atoms with Crippen molar-refractivity contribution < 1.29 is 9.53 Å². The number of imidazole rings is 1. The van der Waals surface area contributed by atoms with Gasteiger partial charge in [-0.3, -0.25) is 4.79 Å². The second-order valence-corrected chi connectivity index (χ2v) is 7.65. The molecule has 0 radical (unpaired) electrons. The number of nitrogens with zero attached hydrogens (tertiary/aromatic N) is 3. The lowest BCUT2D eigenvalue weighted by Crippen LogP contribution is -2.42. The molecule has 1 aliphatic carbocycles. The van der Waals surface area contributed by atoms with Gasteiger partial charge in [-0.25, -0.2) is 4.98 Å². The lowest BCUT2D eigenvalue weighted by molar-refractivity contribution is -0.0229. The smallest absolute Gasteiger partial charge is 0.274 e. The second-order valence-electron chi connectivity index (χ2n) is 7.21. The van der Waals surface area contributed by atoms with Crippen LogP contribution >= 0.6 is 11.6 Å². The molecule has 3 aromatic rings. The van der Waals surface area contributed by atoms with Crippen LogP contribution < -0.4 is 0 Å². The summed E-state index contributed by atoms with van der Waals surface area (Å²) in [7, 11) is 0. The third-order valence-corrected chi connectivity index (χ3v) is 5.53. The molecule has 1 amide bonds. The third kappa shape index (κ3) is 3.11. The Morgan fingerprint density at radius 2 is 2.07 bits per heavy atom. The summed E-state index contributed by atoms with van der Waals surface area (Å²) < 4.78 is 7.97. The zero-order chi connectivity index (χ0) is 18.4. The van der Waals surface area contributed by atoms with Gasteiger partial charge in [0.2, 0.25) is 0 Å². The van der Waals surface area contributed by atoms with E-state index in [1.54, 1.807) is 0 Å². The van der Waals surface area contributed by atoms with Gasteiger partial charge in [-0.05, 0) is 42.7 Å². The van der Waals surface area contributed by atoms with Crippen molar-refractivity contribution in [3.63, 3.8) is 0 Å². The highest BCUT2D eigenvalue weighted by Crippen LogP contribution is 2.40. The lowest BCUT2D eigenvalue weighted by atomic mass is 10.1. The minimum Gasteiger partial charge on any atom is -0.370 e. The first kappa shape index (κ1) is 16.8. The Labute approximate surface area is 162 Å².